The van der Waals surface area contributed by atoms with Crippen LogP contribution in [-0.4, -0.2) is 49.9 Å². The van der Waals surface area contributed by atoms with Crippen LogP contribution in [0.4, 0.5) is 19.0 Å². The van der Waals surface area contributed by atoms with E-state index in [1.165, 1.54) is 0 Å². The number of carbonyl (C=O) groups excluding carboxylic acids is 1. The number of aromatic nitrogens is 3. The number of hydrogen-bond donors (Lipinski definition) is 0. The van der Waals surface area contributed by atoms with Crippen LogP contribution >= 0.6 is 0 Å². The lowest BCUT2D eigenvalue weighted by atomic mass is 10.1. The number of carbonyl (C=O) groups is 1. The van der Waals surface area contributed by atoms with Crippen LogP contribution in [0.2, 0.25) is 0 Å². The van der Waals surface area contributed by atoms with Gasteiger partial charge in [-0.05, 0) is 39.0 Å². The van der Waals surface area contributed by atoms with Crippen LogP contribution in [0.25, 0.3) is 22.6 Å². The number of nitrogens with zero attached hydrogens (tertiary/aromatic N) is 6. The summed E-state index contributed by atoms with van der Waals surface area (Å²) in [4.78, 5) is 31.1. The fourth-order valence-electron chi connectivity index (χ4n) is 5.10. The summed E-state index contributed by atoms with van der Waals surface area (Å²) >= 11 is 0. The van der Waals surface area contributed by atoms with E-state index in [-0.39, 0.29) is 23.7 Å². The van der Waals surface area contributed by atoms with Crippen molar-refractivity contribution < 1.29 is 18.0 Å². The van der Waals surface area contributed by atoms with Gasteiger partial charge in [-0.15, -0.1) is 0 Å². The first kappa shape index (κ1) is 24.8. The third-order valence-corrected chi connectivity index (χ3v) is 6.90. The van der Waals surface area contributed by atoms with Crippen LogP contribution in [0.3, 0.4) is 0 Å². The van der Waals surface area contributed by atoms with Gasteiger partial charge in [-0.1, -0.05) is 30.3 Å². The number of rotatable bonds is 5. The van der Waals surface area contributed by atoms with Crippen LogP contribution in [0.15, 0.2) is 65.8 Å². The molecule has 4 aromatic rings. The maximum atomic E-state index is 14.8. The molecule has 0 N–H and O–H groups in total. The van der Waals surface area contributed by atoms with Gasteiger partial charge < -0.3 is 4.57 Å². The largest absolute Gasteiger partial charge is 0.305 e. The van der Waals surface area contributed by atoms with Gasteiger partial charge in [0.15, 0.2) is 17.3 Å². The van der Waals surface area contributed by atoms with Crippen molar-refractivity contribution in [2.45, 2.75) is 32.9 Å². The van der Waals surface area contributed by atoms with E-state index in [1.54, 1.807) is 15.7 Å². The second-order valence-electron chi connectivity index (χ2n) is 10.2. The summed E-state index contributed by atoms with van der Waals surface area (Å²) in [5, 5.41) is 0. The molecule has 0 radical (unpaired) electrons. The van der Waals surface area contributed by atoms with Crippen molar-refractivity contribution >= 4 is 17.7 Å². The summed E-state index contributed by atoms with van der Waals surface area (Å²) in [7, 11) is 0. The molecule has 0 bridgehead atoms. The Kier molecular flexibility index (Phi) is 5.78. The van der Waals surface area contributed by atoms with E-state index in [0.29, 0.717) is 42.3 Å². The summed E-state index contributed by atoms with van der Waals surface area (Å²) in [6.45, 7) is 6.42. The molecule has 1 amide bonds. The zero-order valence-corrected chi connectivity index (χ0v) is 21.6. The van der Waals surface area contributed by atoms with Crippen LogP contribution in [0.5, 0.6) is 0 Å². The van der Waals surface area contributed by atoms with Gasteiger partial charge in [-0.2, -0.15) is 0 Å². The lowest BCUT2D eigenvalue weighted by Gasteiger charge is -2.34. The van der Waals surface area contributed by atoms with Gasteiger partial charge in [0, 0.05) is 35.5 Å². The van der Waals surface area contributed by atoms with Crippen molar-refractivity contribution in [2.24, 2.45) is 4.99 Å². The predicted molar refractivity (Wildman–Crippen MR) is 142 cm³/mol. The molecule has 0 spiro atoms. The number of pyridine rings is 1. The molecule has 2 aliphatic rings. The summed E-state index contributed by atoms with van der Waals surface area (Å²) in [5.74, 6) is -2.39. The van der Waals surface area contributed by atoms with Gasteiger partial charge in [-0.25, -0.2) is 23.1 Å². The molecule has 10 heteroatoms. The normalized spacial score (nSPS) is 15.8. The zero-order valence-electron chi connectivity index (χ0n) is 21.6. The van der Waals surface area contributed by atoms with Crippen LogP contribution < -0.4 is 4.90 Å². The van der Waals surface area contributed by atoms with E-state index in [0.717, 1.165) is 17.3 Å². The molecule has 0 unspecified atom stereocenters. The molecule has 6 rings (SSSR count). The smallest absolute Gasteiger partial charge is 0.283 e. The monoisotopic (exact) mass is 530 g/mol. The maximum Gasteiger partial charge on any atom is 0.283 e. The molecular formula is C29H25F3N6O. The quantitative estimate of drug-likeness (QED) is 0.319. The Morgan fingerprint density at radius 2 is 1.69 bits per heavy atom. The third kappa shape index (κ3) is 4.16. The van der Waals surface area contributed by atoms with E-state index in [9.17, 15) is 18.0 Å². The third-order valence-electron chi connectivity index (χ3n) is 6.90. The average molecular weight is 531 g/mol. The Balaban J connectivity index is 1.54. The molecule has 0 saturated carbocycles. The maximum absolute atomic E-state index is 14.8. The SMILES string of the molecule is CCN1C(=O)c2nc(-c3ccc(-c4ccccc4)nc3)n(Cc3cc(F)c(F)cc3F)c2N2CC(C)(C)N=C12. The summed E-state index contributed by atoms with van der Waals surface area (Å²) in [6, 6.07) is 14.7. The highest BCUT2D eigenvalue weighted by Gasteiger charge is 2.45. The second-order valence-corrected chi connectivity index (χ2v) is 10.2. The number of guanidine groups is 1. The van der Waals surface area contributed by atoms with Crippen LogP contribution in [0, 0.1) is 17.5 Å². The van der Waals surface area contributed by atoms with Crippen LogP contribution in [-0.2, 0) is 6.54 Å². The minimum atomic E-state index is -1.27. The van der Waals surface area contributed by atoms with Gasteiger partial charge in [0.25, 0.3) is 5.91 Å². The number of halogens is 3. The van der Waals surface area contributed by atoms with E-state index in [1.807, 2.05) is 68.1 Å². The lowest BCUT2D eigenvalue weighted by Crippen LogP contribution is -2.51. The van der Waals surface area contributed by atoms with Gasteiger partial charge in [0.05, 0.1) is 24.3 Å². The number of amides is 1. The number of fused-ring (bicyclic) bond motifs is 3. The second kappa shape index (κ2) is 9.07. The van der Waals surface area contributed by atoms with Crippen molar-refractivity contribution in [3.8, 4) is 22.6 Å². The van der Waals surface area contributed by atoms with Crippen molar-refractivity contribution in [3.05, 3.63) is 89.5 Å². The molecule has 4 heterocycles. The van der Waals surface area contributed by atoms with E-state index < -0.39 is 23.0 Å². The highest BCUT2D eigenvalue weighted by atomic mass is 19.2. The number of benzene rings is 2. The molecular weight excluding hydrogens is 505 g/mol. The number of imidazole rings is 1. The molecule has 0 fully saturated rings. The van der Waals surface area contributed by atoms with Gasteiger partial charge in [0.1, 0.15) is 17.5 Å². The average Bonchev–Trinajstić information content (AvgIpc) is 3.45. The van der Waals surface area contributed by atoms with Crippen molar-refractivity contribution in [3.63, 3.8) is 0 Å². The van der Waals surface area contributed by atoms with E-state index >= 15 is 0 Å². The molecule has 0 saturated heterocycles. The first-order valence-electron chi connectivity index (χ1n) is 12.6. The van der Waals surface area contributed by atoms with Crippen molar-refractivity contribution in [1.82, 2.24) is 19.4 Å². The Morgan fingerprint density at radius 3 is 2.38 bits per heavy atom. The molecule has 0 atom stereocenters. The van der Waals surface area contributed by atoms with Gasteiger partial charge >= 0.3 is 0 Å². The Labute approximate surface area is 223 Å². The Morgan fingerprint density at radius 1 is 0.949 bits per heavy atom. The number of anilines is 1. The number of hydrogen-bond acceptors (Lipinski definition) is 5. The fourth-order valence-corrected chi connectivity index (χ4v) is 5.10. The van der Waals surface area contributed by atoms with E-state index in [4.69, 9.17) is 9.98 Å². The van der Waals surface area contributed by atoms with Gasteiger partial charge in [-0.3, -0.25) is 19.6 Å². The molecule has 7 nitrogen and oxygen atoms in total. The van der Waals surface area contributed by atoms with Crippen molar-refractivity contribution in [2.75, 3.05) is 18.0 Å². The topological polar surface area (TPSA) is 66.6 Å². The highest BCUT2D eigenvalue weighted by Crippen LogP contribution is 2.39. The molecule has 2 aliphatic heterocycles. The molecule has 2 aromatic heterocycles. The minimum Gasteiger partial charge on any atom is -0.305 e. The minimum absolute atomic E-state index is 0.0773. The Hall–Kier alpha value is -4.47. The molecule has 198 valence electrons. The summed E-state index contributed by atoms with van der Waals surface area (Å²) < 4.78 is 44.4. The predicted octanol–water partition coefficient (Wildman–Crippen LogP) is 5.51. The van der Waals surface area contributed by atoms with Gasteiger partial charge in [0.2, 0.25) is 5.96 Å². The summed E-state index contributed by atoms with van der Waals surface area (Å²) in [5.41, 5.74) is 1.87. The first-order chi connectivity index (χ1) is 18.7. The van der Waals surface area contributed by atoms with Crippen LogP contribution in [0.1, 0.15) is 36.8 Å². The number of aliphatic imine (C=N–C) groups is 1. The molecule has 39 heavy (non-hydrogen) atoms. The standard InChI is InChI=1S/C29H25F3N6O/c1-4-36-27(39)24-26(38-16-29(2,3)35-28(36)38)37(15-19-12-21(31)22(32)13-20(19)30)25(34-24)18-10-11-23(33-14-18)17-8-6-5-7-9-17/h5-14H,4,15-16H2,1-3H3. The molecule has 0 aliphatic carbocycles. The first-order valence-corrected chi connectivity index (χ1v) is 12.6. The summed E-state index contributed by atoms with van der Waals surface area (Å²) in [6.07, 6.45) is 1.64. The van der Waals surface area contributed by atoms with Crippen molar-refractivity contribution in [1.29, 1.82) is 0 Å². The fraction of sp³-hybridized carbons (Fsp3) is 0.241. The highest BCUT2D eigenvalue weighted by molar-refractivity contribution is 6.18. The molecule has 2 aromatic carbocycles. The Bertz CT molecular complexity index is 1630. The lowest BCUT2D eigenvalue weighted by molar-refractivity contribution is 0.0841. The zero-order chi connectivity index (χ0) is 27.5. The van der Waals surface area contributed by atoms with E-state index in [2.05, 4.69) is 4.98 Å².